The molecule has 0 unspecified atom stereocenters. The van der Waals surface area contributed by atoms with E-state index in [1.54, 1.807) is 12.4 Å². The van der Waals surface area contributed by atoms with E-state index in [9.17, 15) is 14.4 Å². The number of nitrogens with one attached hydrogen (secondary N) is 4. The van der Waals surface area contributed by atoms with Gasteiger partial charge >= 0.3 is 12.1 Å². The molecule has 0 bridgehead atoms. The molecule has 2 amide bonds. The number of rotatable bonds is 10. The summed E-state index contributed by atoms with van der Waals surface area (Å²) in [5, 5.41) is 6.28. The summed E-state index contributed by atoms with van der Waals surface area (Å²) < 4.78 is 10.2. The minimum absolute atomic E-state index is 0.0543. The second kappa shape index (κ2) is 11.7. The Kier molecular flexibility index (Phi) is 7.97. The molecule has 0 radical (unpaired) electrons. The van der Waals surface area contributed by atoms with Crippen molar-refractivity contribution >= 4 is 28.9 Å². The van der Waals surface area contributed by atoms with E-state index in [-0.39, 0.29) is 19.4 Å². The zero-order valence-electron chi connectivity index (χ0n) is 19.7. The highest BCUT2D eigenvalue weighted by molar-refractivity contribution is 5.91. The zero-order valence-corrected chi connectivity index (χ0v) is 19.7. The molecule has 186 valence electrons. The van der Waals surface area contributed by atoms with Crippen LogP contribution in [0.3, 0.4) is 0 Å². The Morgan fingerprint density at radius 3 is 2.47 bits per heavy atom. The monoisotopic (exact) mass is 489 g/mol. The summed E-state index contributed by atoms with van der Waals surface area (Å²) in [7, 11) is 1.25. The van der Waals surface area contributed by atoms with Crippen molar-refractivity contribution in [1.82, 2.24) is 25.6 Å². The molecule has 10 heteroatoms. The van der Waals surface area contributed by atoms with Gasteiger partial charge in [-0.2, -0.15) is 0 Å². The average Bonchev–Trinajstić information content (AvgIpc) is 3.57. The van der Waals surface area contributed by atoms with E-state index in [2.05, 4.69) is 25.6 Å². The number of imidazole rings is 1. The molecule has 0 saturated carbocycles. The second-order valence-electron chi connectivity index (χ2n) is 8.19. The van der Waals surface area contributed by atoms with Gasteiger partial charge in [0.25, 0.3) is 0 Å². The van der Waals surface area contributed by atoms with Crippen molar-refractivity contribution in [1.29, 1.82) is 0 Å². The lowest BCUT2D eigenvalue weighted by atomic mass is 10.0. The number of aromatic nitrogens is 3. The van der Waals surface area contributed by atoms with Crippen LogP contribution in [-0.4, -0.2) is 52.1 Å². The number of hydrogen-bond acceptors (Lipinski definition) is 6. The van der Waals surface area contributed by atoms with Crippen molar-refractivity contribution in [3.05, 3.63) is 90.1 Å². The van der Waals surface area contributed by atoms with E-state index in [0.29, 0.717) is 5.69 Å². The maximum atomic E-state index is 13.3. The third-order valence-corrected chi connectivity index (χ3v) is 5.70. The molecule has 0 saturated heterocycles. The fraction of sp³-hybridized carbons (Fsp3) is 0.231. The number of methoxy groups -OCH3 is 1. The van der Waals surface area contributed by atoms with E-state index in [4.69, 9.17) is 9.47 Å². The SMILES string of the molecule is COC(=O)[C@H](Cc1cnc[nH]1)NC(=O)[C@H](Cc1c[nH]c2ccccc12)NC(=O)OCc1ccccc1. The Labute approximate surface area is 207 Å². The molecule has 10 nitrogen and oxygen atoms in total. The Balaban J connectivity index is 1.50. The van der Waals surface area contributed by atoms with Crippen LogP contribution in [0.1, 0.15) is 16.8 Å². The Bertz CT molecular complexity index is 1300. The van der Waals surface area contributed by atoms with E-state index in [1.165, 1.54) is 13.4 Å². The largest absolute Gasteiger partial charge is 0.467 e. The fourth-order valence-corrected chi connectivity index (χ4v) is 3.86. The number of carbonyl (C=O) groups excluding carboxylic acids is 3. The molecule has 0 fully saturated rings. The minimum Gasteiger partial charge on any atom is -0.467 e. The number of aromatic amines is 2. The van der Waals surface area contributed by atoms with Crippen molar-refractivity contribution in [3.63, 3.8) is 0 Å². The van der Waals surface area contributed by atoms with Gasteiger partial charge in [-0.15, -0.1) is 0 Å². The summed E-state index contributed by atoms with van der Waals surface area (Å²) in [4.78, 5) is 48.4. The van der Waals surface area contributed by atoms with Crippen LogP contribution in [0.4, 0.5) is 4.79 Å². The van der Waals surface area contributed by atoms with Gasteiger partial charge in [-0.3, -0.25) is 4.79 Å². The number of esters is 1. The van der Waals surface area contributed by atoms with E-state index in [0.717, 1.165) is 22.0 Å². The third kappa shape index (κ3) is 6.29. The summed E-state index contributed by atoms with van der Waals surface area (Å²) in [5.74, 6) is -1.16. The maximum Gasteiger partial charge on any atom is 0.408 e. The molecule has 0 aliphatic heterocycles. The number of carbonyl (C=O) groups is 3. The van der Waals surface area contributed by atoms with Gasteiger partial charge in [0.2, 0.25) is 5.91 Å². The van der Waals surface area contributed by atoms with Crippen LogP contribution >= 0.6 is 0 Å². The van der Waals surface area contributed by atoms with Crippen LogP contribution < -0.4 is 10.6 Å². The number of ether oxygens (including phenoxy) is 2. The molecular formula is C26H27N5O5. The lowest BCUT2D eigenvalue weighted by Gasteiger charge is -2.22. The van der Waals surface area contributed by atoms with Crippen LogP contribution in [0, 0.1) is 0 Å². The number of amides is 2. The number of benzene rings is 2. The summed E-state index contributed by atoms with van der Waals surface area (Å²) in [6.45, 7) is 0.0543. The highest BCUT2D eigenvalue weighted by Crippen LogP contribution is 2.19. The molecule has 36 heavy (non-hydrogen) atoms. The van der Waals surface area contributed by atoms with Crippen molar-refractivity contribution in [2.45, 2.75) is 31.5 Å². The number of alkyl carbamates (subject to hydrolysis) is 1. The Morgan fingerprint density at radius 2 is 1.72 bits per heavy atom. The number of para-hydroxylation sites is 1. The van der Waals surface area contributed by atoms with E-state index < -0.39 is 30.1 Å². The first-order chi connectivity index (χ1) is 17.5. The van der Waals surface area contributed by atoms with Gasteiger partial charge in [-0.05, 0) is 17.2 Å². The Hall–Kier alpha value is -4.60. The molecule has 2 aromatic carbocycles. The number of fused-ring (bicyclic) bond motifs is 1. The predicted molar refractivity (Wildman–Crippen MR) is 132 cm³/mol. The fourth-order valence-electron chi connectivity index (χ4n) is 3.86. The average molecular weight is 490 g/mol. The van der Waals surface area contributed by atoms with Crippen LogP contribution in [0.15, 0.2) is 73.3 Å². The second-order valence-corrected chi connectivity index (χ2v) is 8.19. The third-order valence-electron chi connectivity index (χ3n) is 5.70. The summed E-state index contributed by atoms with van der Waals surface area (Å²) >= 11 is 0. The van der Waals surface area contributed by atoms with Crippen LogP contribution in [0.2, 0.25) is 0 Å². The summed E-state index contributed by atoms with van der Waals surface area (Å²) in [6, 6.07) is 14.9. The van der Waals surface area contributed by atoms with Gasteiger partial charge in [0.15, 0.2) is 0 Å². The van der Waals surface area contributed by atoms with Gasteiger partial charge in [0.1, 0.15) is 18.7 Å². The van der Waals surface area contributed by atoms with Crippen LogP contribution in [-0.2, 0) is 38.5 Å². The van der Waals surface area contributed by atoms with Crippen LogP contribution in [0.25, 0.3) is 10.9 Å². The van der Waals surface area contributed by atoms with E-state index in [1.807, 2.05) is 54.6 Å². The molecule has 0 spiro atoms. The normalized spacial score (nSPS) is 12.5. The molecule has 4 rings (SSSR count). The number of hydrogen-bond donors (Lipinski definition) is 4. The Morgan fingerprint density at radius 1 is 0.944 bits per heavy atom. The van der Waals surface area contributed by atoms with Crippen LogP contribution in [0.5, 0.6) is 0 Å². The molecular weight excluding hydrogens is 462 g/mol. The quantitative estimate of drug-likeness (QED) is 0.253. The van der Waals surface area contributed by atoms with Crippen molar-refractivity contribution in [3.8, 4) is 0 Å². The lowest BCUT2D eigenvalue weighted by molar-refractivity contribution is -0.145. The molecule has 0 aliphatic rings. The molecule has 4 N–H and O–H groups in total. The zero-order chi connectivity index (χ0) is 25.3. The van der Waals surface area contributed by atoms with Gasteiger partial charge in [0, 0.05) is 41.8 Å². The molecule has 2 atom stereocenters. The smallest absolute Gasteiger partial charge is 0.408 e. The highest BCUT2D eigenvalue weighted by Gasteiger charge is 2.29. The summed E-state index contributed by atoms with van der Waals surface area (Å²) in [5.41, 5.74) is 3.20. The highest BCUT2D eigenvalue weighted by atomic mass is 16.5. The lowest BCUT2D eigenvalue weighted by Crippen LogP contribution is -2.53. The van der Waals surface area contributed by atoms with Crippen molar-refractivity contribution in [2.75, 3.05) is 7.11 Å². The number of nitrogens with zero attached hydrogens (tertiary/aromatic N) is 1. The predicted octanol–water partition coefficient (Wildman–Crippen LogP) is 2.63. The van der Waals surface area contributed by atoms with E-state index >= 15 is 0 Å². The summed E-state index contributed by atoms with van der Waals surface area (Å²) in [6.07, 6.45) is 4.41. The molecule has 2 aromatic heterocycles. The van der Waals surface area contributed by atoms with Gasteiger partial charge in [-0.1, -0.05) is 48.5 Å². The molecule has 0 aliphatic carbocycles. The van der Waals surface area contributed by atoms with Crippen molar-refractivity contribution < 1.29 is 23.9 Å². The maximum absolute atomic E-state index is 13.3. The molecule has 4 aromatic rings. The first kappa shape index (κ1) is 24.5. The number of H-pyrrole nitrogens is 2. The topological polar surface area (TPSA) is 138 Å². The van der Waals surface area contributed by atoms with Gasteiger partial charge in [-0.25, -0.2) is 14.6 Å². The van der Waals surface area contributed by atoms with Crippen molar-refractivity contribution in [2.24, 2.45) is 0 Å². The molecule has 2 heterocycles. The standard InChI is InChI=1S/C26H27N5O5/c1-35-25(33)23(12-19-14-27-16-29-19)30-24(32)22(11-18-13-28-21-10-6-5-9-20(18)21)31-26(34)36-15-17-7-3-2-4-8-17/h2-10,13-14,16,22-23,28H,11-12,15H2,1H3,(H,27,29)(H,30,32)(H,31,34)/t22-,23-/m0/s1. The first-order valence-electron chi connectivity index (χ1n) is 11.4. The van der Waals surface area contributed by atoms with Gasteiger partial charge in [0.05, 0.1) is 13.4 Å². The first-order valence-corrected chi connectivity index (χ1v) is 11.4. The van der Waals surface area contributed by atoms with Gasteiger partial charge < -0.3 is 30.1 Å². The minimum atomic E-state index is -1.01.